The minimum absolute atomic E-state index is 0.0729. The number of urea groups is 1. The van der Waals surface area contributed by atoms with Gasteiger partial charge in [-0.25, -0.2) is 4.79 Å². The monoisotopic (exact) mass is 315 g/mol. The number of nitrogens with zero attached hydrogens (tertiary/aromatic N) is 3. The highest BCUT2D eigenvalue weighted by molar-refractivity contribution is 5.89. The molecule has 7 nitrogen and oxygen atoms in total. The molecule has 0 aromatic carbocycles. The van der Waals surface area contributed by atoms with Crippen molar-refractivity contribution < 1.29 is 9.53 Å². The van der Waals surface area contributed by atoms with E-state index in [1.165, 1.54) is 0 Å². The van der Waals surface area contributed by atoms with Crippen LogP contribution < -0.4 is 10.6 Å². The van der Waals surface area contributed by atoms with Crippen molar-refractivity contribution in [1.82, 2.24) is 20.1 Å². The molecule has 0 bridgehead atoms. The Bertz CT molecular complexity index is 695. The standard InChI is InChI=1S/C16H21N5O2/c1-10-4-5-12(8-17-10)19-16(22)20-14-6-7-23-15(14)13-9-18-21(3)11(13)2/h4-5,8-9,14-15H,6-7H2,1-3H3,(H2,19,20,22)/t14-,15+/m0/s1. The van der Waals surface area contributed by atoms with E-state index in [2.05, 4.69) is 20.7 Å². The van der Waals surface area contributed by atoms with Crippen LogP contribution in [0.1, 0.15) is 29.5 Å². The van der Waals surface area contributed by atoms with Crippen molar-refractivity contribution >= 4 is 11.7 Å². The number of nitrogens with one attached hydrogen (secondary N) is 2. The Morgan fingerprint density at radius 1 is 1.35 bits per heavy atom. The number of aromatic nitrogens is 3. The van der Waals surface area contributed by atoms with Gasteiger partial charge in [0.1, 0.15) is 6.10 Å². The lowest BCUT2D eigenvalue weighted by Gasteiger charge is -2.20. The molecule has 2 N–H and O–H groups in total. The molecule has 1 aliphatic rings. The molecular formula is C16H21N5O2. The maximum absolute atomic E-state index is 12.2. The van der Waals surface area contributed by atoms with E-state index in [4.69, 9.17) is 4.74 Å². The van der Waals surface area contributed by atoms with Gasteiger partial charge in [0.25, 0.3) is 0 Å². The van der Waals surface area contributed by atoms with E-state index in [-0.39, 0.29) is 18.2 Å². The molecule has 1 aliphatic heterocycles. The summed E-state index contributed by atoms with van der Waals surface area (Å²) in [5.74, 6) is 0. The molecule has 3 rings (SSSR count). The van der Waals surface area contributed by atoms with Gasteiger partial charge >= 0.3 is 6.03 Å². The highest BCUT2D eigenvalue weighted by Gasteiger charge is 2.33. The summed E-state index contributed by atoms with van der Waals surface area (Å²) in [7, 11) is 1.90. The highest BCUT2D eigenvalue weighted by Crippen LogP contribution is 2.30. The predicted octanol–water partition coefficient (Wildman–Crippen LogP) is 2.08. The van der Waals surface area contributed by atoms with Gasteiger partial charge in [0.2, 0.25) is 0 Å². The van der Waals surface area contributed by atoms with Crippen LogP contribution in [0, 0.1) is 13.8 Å². The molecule has 2 atom stereocenters. The van der Waals surface area contributed by atoms with Gasteiger partial charge in [0.05, 0.1) is 24.1 Å². The van der Waals surface area contributed by atoms with Gasteiger partial charge in [0.15, 0.2) is 0 Å². The molecule has 0 spiro atoms. The first kappa shape index (κ1) is 15.5. The molecule has 1 fully saturated rings. The highest BCUT2D eigenvalue weighted by atomic mass is 16.5. The zero-order valence-electron chi connectivity index (χ0n) is 13.5. The number of rotatable bonds is 3. The first-order chi connectivity index (χ1) is 11.0. The summed E-state index contributed by atoms with van der Waals surface area (Å²) in [5, 5.41) is 10.0. The first-order valence-electron chi connectivity index (χ1n) is 7.65. The van der Waals surface area contributed by atoms with Gasteiger partial charge in [-0.1, -0.05) is 0 Å². The van der Waals surface area contributed by atoms with Gasteiger partial charge < -0.3 is 15.4 Å². The third-order valence-corrected chi connectivity index (χ3v) is 4.16. The summed E-state index contributed by atoms with van der Waals surface area (Å²) in [6.07, 6.45) is 4.06. The van der Waals surface area contributed by atoms with Crippen LogP contribution in [0.3, 0.4) is 0 Å². The lowest BCUT2D eigenvalue weighted by molar-refractivity contribution is 0.0998. The second-order valence-electron chi connectivity index (χ2n) is 5.78. The van der Waals surface area contributed by atoms with Crippen LogP contribution in [0.2, 0.25) is 0 Å². The largest absolute Gasteiger partial charge is 0.371 e. The summed E-state index contributed by atoms with van der Waals surface area (Å²) in [4.78, 5) is 16.4. The van der Waals surface area contributed by atoms with Crippen molar-refractivity contribution in [3.05, 3.63) is 41.5 Å². The number of hydrogen-bond donors (Lipinski definition) is 2. The fourth-order valence-corrected chi connectivity index (χ4v) is 2.72. The van der Waals surface area contributed by atoms with Crippen molar-refractivity contribution in [1.29, 1.82) is 0 Å². The van der Waals surface area contributed by atoms with Gasteiger partial charge in [-0.05, 0) is 32.4 Å². The molecule has 1 saturated heterocycles. The Morgan fingerprint density at radius 3 is 2.83 bits per heavy atom. The summed E-state index contributed by atoms with van der Waals surface area (Å²) < 4.78 is 7.62. The third-order valence-electron chi connectivity index (χ3n) is 4.16. The van der Waals surface area contributed by atoms with E-state index in [0.29, 0.717) is 12.3 Å². The fraction of sp³-hybridized carbons (Fsp3) is 0.438. The van der Waals surface area contributed by atoms with E-state index in [9.17, 15) is 4.79 Å². The van der Waals surface area contributed by atoms with Crippen molar-refractivity contribution in [2.24, 2.45) is 7.05 Å². The Hall–Kier alpha value is -2.41. The fourth-order valence-electron chi connectivity index (χ4n) is 2.72. The molecule has 0 aliphatic carbocycles. The number of ether oxygens (including phenoxy) is 1. The number of pyridine rings is 1. The Labute approximate surface area is 135 Å². The first-order valence-corrected chi connectivity index (χ1v) is 7.65. The lowest BCUT2D eigenvalue weighted by atomic mass is 10.0. The number of carbonyl (C=O) groups excluding carboxylic acids is 1. The molecule has 2 aromatic rings. The van der Waals surface area contributed by atoms with E-state index in [0.717, 1.165) is 23.4 Å². The minimum Gasteiger partial charge on any atom is -0.371 e. The van der Waals surface area contributed by atoms with Crippen molar-refractivity contribution in [3.8, 4) is 0 Å². The molecule has 122 valence electrons. The maximum atomic E-state index is 12.2. The van der Waals surface area contributed by atoms with Crippen LogP contribution in [-0.4, -0.2) is 33.4 Å². The number of anilines is 1. The zero-order chi connectivity index (χ0) is 16.4. The van der Waals surface area contributed by atoms with Crippen molar-refractivity contribution in [3.63, 3.8) is 0 Å². The Balaban J connectivity index is 1.65. The van der Waals surface area contributed by atoms with Crippen LogP contribution in [0.5, 0.6) is 0 Å². The zero-order valence-corrected chi connectivity index (χ0v) is 13.5. The number of aryl methyl sites for hydroxylation is 2. The molecule has 3 heterocycles. The molecule has 0 unspecified atom stereocenters. The second-order valence-corrected chi connectivity index (χ2v) is 5.78. The Morgan fingerprint density at radius 2 is 2.17 bits per heavy atom. The molecule has 0 saturated carbocycles. The molecule has 0 radical (unpaired) electrons. The Kier molecular flexibility index (Phi) is 4.29. The quantitative estimate of drug-likeness (QED) is 0.908. The number of amides is 2. The topological polar surface area (TPSA) is 81.1 Å². The maximum Gasteiger partial charge on any atom is 0.319 e. The molecule has 2 aromatic heterocycles. The SMILES string of the molecule is Cc1ccc(NC(=O)N[C@H]2CCO[C@@H]2c2cnn(C)c2C)cn1. The minimum atomic E-state index is -0.252. The van der Waals surface area contributed by atoms with E-state index >= 15 is 0 Å². The predicted molar refractivity (Wildman–Crippen MR) is 86.2 cm³/mol. The van der Waals surface area contributed by atoms with Crippen LogP contribution in [0.15, 0.2) is 24.5 Å². The smallest absolute Gasteiger partial charge is 0.319 e. The van der Waals surface area contributed by atoms with Crippen LogP contribution in [-0.2, 0) is 11.8 Å². The molecule has 2 amide bonds. The van der Waals surface area contributed by atoms with E-state index < -0.39 is 0 Å². The van der Waals surface area contributed by atoms with Crippen molar-refractivity contribution in [2.75, 3.05) is 11.9 Å². The second kappa shape index (κ2) is 6.37. The summed E-state index contributed by atoms with van der Waals surface area (Å²) in [6.45, 7) is 4.52. The summed E-state index contributed by atoms with van der Waals surface area (Å²) in [6, 6.07) is 3.36. The van der Waals surface area contributed by atoms with Crippen LogP contribution in [0.4, 0.5) is 10.5 Å². The van der Waals surface area contributed by atoms with E-state index in [1.54, 1.807) is 6.20 Å². The lowest BCUT2D eigenvalue weighted by Crippen LogP contribution is -2.39. The van der Waals surface area contributed by atoms with Crippen LogP contribution >= 0.6 is 0 Å². The number of hydrogen-bond acceptors (Lipinski definition) is 4. The van der Waals surface area contributed by atoms with Gasteiger partial charge in [-0.2, -0.15) is 5.10 Å². The van der Waals surface area contributed by atoms with Gasteiger partial charge in [-0.3, -0.25) is 9.67 Å². The van der Waals surface area contributed by atoms with Crippen molar-refractivity contribution in [2.45, 2.75) is 32.4 Å². The average molecular weight is 315 g/mol. The third kappa shape index (κ3) is 3.34. The molecule has 23 heavy (non-hydrogen) atoms. The van der Waals surface area contributed by atoms with Gasteiger partial charge in [0, 0.05) is 30.6 Å². The van der Waals surface area contributed by atoms with E-state index in [1.807, 2.05) is 43.9 Å². The molecule has 7 heteroatoms. The van der Waals surface area contributed by atoms with Gasteiger partial charge in [-0.15, -0.1) is 0 Å². The summed E-state index contributed by atoms with van der Waals surface area (Å²) >= 11 is 0. The number of carbonyl (C=O) groups is 1. The molecular weight excluding hydrogens is 294 g/mol. The normalized spacial score (nSPS) is 20.5. The summed E-state index contributed by atoms with van der Waals surface area (Å²) in [5.41, 5.74) is 3.65. The van der Waals surface area contributed by atoms with Crippen LogP contribution in [0.25, 0.3) is 0 Å². The average Bonchev–Trinajstić information content (AvgIpc) is 3.09.